The Morgan fingerprint density at radius 3 is 2.53 bits per heavy atom. The van der Waals surface area contributed by atoms with Gasteiger partial charge in [-0.05, 0) is 42.3 Å². The second-order valence-corrected chi connectivity index (χ2v) is 7.26. The molecule has 0 saturated heterocycles. The number of nitrogens with zero attached hydrogens (tertiary/aromatic N) is 3. The topological polar surface area (TPSA) is 109 Å². The van der Waals surface area contributed by atoms with Gasteiger partial charge in [0.25, 0.3) is 5.56 Å². The van der Waals surface area contributed by atoms with Gasteiger partial charge in [0.2, 0.25) is 5.88 Å². The summed E-state index contributed by atoms with van der Waals surface area (Å²) in [5.74, 6) is 0.722. The highest BCUT2D eigenvalue weighted by atomic mass is 16.5. The Morgan fingerprint density at radius 1 is 1.09 bits per heavy atom. The third kappa shape index (κ3) is 5.00. The predicted molar refractivity (Wildman–Crippen MR) is 124 cm³/mol. The Balaban J connectivity index is 1.88. The minimum atomic E-state index is -0.706. The van der Waals surface area contributed by atoms with Crippen molar-refractivity contribution in [3.05, 3.63) is 74.4 Å². The van der Waals surface area contributed by atoms with Gasteiger partial charge in [0, 0.05) is 32.5 Å². The Hall–Kier alpha value is -4.01. The number of aromatic hydroxyl groups is 1. The number of ether oxygens (including phenoxy) is 2. The second-order valence-electron chi connectivity index (χ2n) is 7.26. The number of nitrogens with one attached hydrogen (secondary N) is 1. The standard InChI is InChI=1S/C23H26N4O5/c1-26(2)17-7-5-6-16(13-17)24-14-18-21(28)25-23(30)27(22(18)29)11-10-15-8-9-19(31-3)20(12-15)32-4/h5-9,12-14,29H,10-11H2,1-4H3,(H,25,28,30). The van der Waals surface area contributed by atoms with Crippen LogP contribution in [-0.4, -0.2) is 49.2 Å². The number of hydrogen-bond donors (Lipinski definition) is 2. The van der Waals surface area contributed by atoms with Gasteiger partial charge in [-0.25, -0.2) is 4.79 Å². The quantitative estimate of drug-likeness (QED) is 0.523. The van der Waals surface area contributed by atoms with Crippen molar-refractivity contribution >= 4 is 17.6 Å². The first-order valence-electron chi connectivity index (χ1n) is 9.92. The first-order chi connectivity index (χ1) is 15.3. The van der Waals surface area contributed by atoms with Crippen molar-refractivity contribution in [2.45, 2.75) is 13.0 Å². The van der Waals surface area contributed by atoms with E-state index in [4.69, 9.17) is 9.47 Å². The van der Waals surface area contributed by atoms with Gasteiger partial charge < -0.3 is 19.5 Å². The van der Waals surface area contributed by atoms with Crippen LogP contribution in [0.15, 0.2) is 57.0 Å². The molecule has 0 amide bonds. The van der Waals surface area contributed by atoms with Gasteiger partial charge in [0.05, 0.1) is 19.9 Å². The highest BCUT2D eigenvalue weighted by molar-refractivity contribution is 5.84. The summed E-state index contributed by atoms with van der Waals surface area (Å²) >= 11 is 0. The van der Waals surface area contributed by atoms with Crippen molar-refractivity contribution in [1.82, 2.24) is 9.55 Å². The molecule has 0 atom stereocenters. The van der Waals surface area contributed by atoms with E-state index in [1.54, 1.807) is 32.4 Å². The second kappa shape index (κ2) is 9.86. The van der Waals surface area contributed by atoms with E-state index < -0.39 is 17.1 Å². The minimum absolute atomic E-state index is 0.0906. The highest BCUT2D eigenvalue weighted by Gasteiger charge is 2.13. The minimum Gasteiger partial charge on any atom is -0.494 e. The van der Waals surface area contributed by atoms with E-state index in [2.05, 4.69) is 9.98 Å². The normalized spacial score (nSPS) is 11.0. The highest BCUT2D eigenvalue weighted by Crippen LogP contribution is 2.28. The SMILES string of the molecule is COc1ccc(CCn2c(O)c(C=Nc3cccc(N(C)C)c3)c(=O)[nH]c2=O)cc1OC. The van der Waals surface area contributed by atoms with Crippen LogP contribution in [0.3, 0.4) is 0 Å². The van der Waals surface area contributed by atoms with Crippen molar-refractivity contribution in [3.63, 3.8) is 0 Å². The molecule has 168 valence electrons. The Labute approximate surface area is 185 Å². The van der Waals surface area contributed by atoms with Gasteiger partial charge in [-0.15, -0.1) is 0 Å². The van der Waals surface area contributed by atoms with Gasteiger partial charge in [0.1, 0.15) is 5.56 Å². The van der Waals surface area contributed by atoms with E-state index in [0.29, 0.717) is 23.6 Å². The Bertz CT molecular complexity index is 1240. The van der Waals surface area contributed by atoms with Gasteiger partial charge in [-0.2, -0.15) is 0 Å². The zero-order valence-corrected chi connectivity index (χ0v) is 18.5. The van der Waals surface area contributed by atoms with E-state index >= 15 is 0 Å². The van der Waals surface area contributed by atoms with Crippen molar-refractivity contribution in [2.24, 2.45) is 4.99 Å². The fraction of sp³-hybridized carbons (Fsp3) is 0.261. The Morgan fingerprint density at radius 2 is 1.84 bits per heavy atom. The summed E-state index contributed by atoms with van der Waals surface area (Å²) in [6.45, 7) is 0.147. The van der Waals surface area contributed by atoms with Crippen LogP contribution in [0.2, 0.25) is 0 Å². The van der Waals surface area contributed by atoms with Crippen molar-refractivity contribution in [2.75, 3.05) is 33.2 Å². The molecule has 0 fully saturated rings. The van der Waals surface area contributed by atoms with E-state index in [-0.39, 0.29) is 12.1 Å². The molecule has 9 heteroatoms. The maximum Gasteiger partial charge on any atom is 0.331 e. The predicted octanol–water partition coefficient (Wildman–Crippen LogP) is 2.32. The molecule has 2 aromatic carbocycles. The fourth-order valence-electron chi connectivity index (χ4n) is 3.17. The summed E-state index contributed by atoms with van der Waals surface area (Å²) in [4.78, 5) is 33.0. The molecule has 3 rings (SSSR count). The number of hydrogen-bond acceptors (Lipinski definition) is 7. The number of H-pyrrole nitrogens is 1. The number of aromatic amines is 1. The molecule has 0 aliphatic carbocycles. The third-order valence-electron chi connectivity index (χ3n) is 4.97. The first kappa shape index (κ1) is 22.7. The van der Waals surface area contributed by atoms with Crippen molar-refractivity contribution in [1.29, 1.82) is 0 Å². The average Bonchev–Trinajstić information content (AvgIpc) is 2.78. The molecule has 3 aromatic rings. The van der Waals surface area contributed by atoms with Crippen molar-refractivity contribution < 1.29 is 14.6 Å². The maximum atomic E-state index is 12.3. The molecule has 1 heterocycles. The number of anilines is 1. The molecule has 0 aliphatic rings. The van der Waals surface area contributed by atoms with Gasteiger partial charge in [-0.3, -0.25) is 19.3 Å². The lowest BCUT2D eigenvalue weighted by Crippen LogP contribution is -2.32. The summed E-state index contributed by atoms with van der Waals surface area (Å²) in [7, 11) is 6.91. The molecular formula is C23H26N4O5. The van der Waals surface area contributed by atoms with E-state index in [9.17, 15) is 14.7 Å². The number of rotatable bonds is 8. The maximum absolute atomic E-state index is 12.3. The summed E-state index contributed by atoms with van der Waals surface area (Å²) in [6.07, 6.45) is 1.68. The molecule has 0 aliphatic heterocycles. The van der Waals surface area contributed by atoms with Crippen LogP contribution >= 0.6 is 0 Å². The largest absolute Gasteiger partial charge is 0.494 e. The molecule has 0 saturated carbocycles. The Kier molecular flexibility index (Phi) is 6.99. The number of aliphatic imine (C=N–C) groups is 1. The smallest absolute Gasteiger partial charge is 0.331 e. The number of aromatic nitrogens is 2. The monoisotopic (exact) mass is 438 g/mol. The fourth-order valence-corrected chi connectivity index (χ4v) is 3.17. The average molecular weight is 438 g/mol. The molecule has 1 aromatic heterocycles. The summed E-state index contributed by atoms with van der Waals surface area (Å²) in [6, 6.07) is 12.8. The van der Waals surface area contributed by atoms with E-state index in [0.717, 1.165) is 15.8 Å². The first-order valence-corrected chi connectivity index (χ1v) is 9.92. The summed E-state index contributed by atoms with van der Waals surface area (Å²) in [5, 5.41) is 10.6. The summed E-state index contributed by atoms with van der Waals surface area (Å²) in [5.41, 5.74) is 0.931. The zero-order valence-electron chi connectivity index (χ0n) is 18.5. The molecular weight excluding hydrogens is 412 g/mol. The van der Waals surface area contributed by atoms with Crippen LogP contribution in [0.4, 0.5) is 11.4 Å². The lowest BCUT2D eigenvalue weighted by molar-refractivity contribution is 0.354. The molecule has 2 N–H and O–H groups in total. The summed E-state index contributed by atoms with van der Waals surface area (Å²) < 4.78 is 11.6. The van der Waals surface area contributed by atoms with Crippen LogP contribution in [-0.2, 0) is 13.0 Å². The van der Waals surface area contributed by atoms with Crippen molar-refractivity contribution in [3.8, 4) is 17.4 Å². The number of benzene rings is 2. The zero-order chi connectivity index (χ0) is 23.3. The van der Waals surface area contributed by atoms with E-state index in [1.807, 2.05) is 43.3 Å². The van der Waals surface area contributed by atoms with Crippen LogP contribution in [0, 0.1) is 0 Å². The van der Waals surface area contributed by atoms with Crippen LogP contribution in [0.25, 0.3) is 0 Å². The third-order valence-corrected chi connectivity index (χ3v) is 4.97. The molecule has 0 bridgehead atoms. The molecule has 32 heavy (non-hydrogen) atoms. The van der Waals surface area contributed by atoms with Gasteiger partial charge >= 0.3 is 5.69 Å². The number of aryl methyl sites for hydroxylation is 1. The molecule has 0 radical (unpaired) electrons. The van der Waals surface area contributed by atoms with E-state index in [1.165, 1.54) is 6.21 Å². The van der Waals surface area contributed by atoms with Crippen LogP contribution in [0.5, 0.6) is 17.4 Å². The molecule has 0 spiro atoms. The van der Waals surface area contributed by atoms with Crippen LogP contribution in [0.1, 0.15) is 11.1 Å². The lowest BCUT2D eigenvalue weighted by Gasteiger charge is -2.12. The molecule has 0 unspecified atom stereocenters. The lowest BCUT2D eigenvalue weighted by atomic mass is 10.1. The number of methoxy groups -OCH3 is 2. The van der Waals surface area contributed by atoms with Gasteiger partial charge in [-0.1, -0.05) is 12.1 Å². The van der Waals surface area contributed by atoms with Gasteiger partial charge in [0.15, 0.2) is 11.5 Å². The van der Waals surface area contributed by atoms with Crippen LogP contribution < -0.4 is 25.6 Å². The molecule has 9 nitrogen and oxygen atoms in total.